The van der Waals surface area contributed by atoms with Crippen molar-refractivity contribution in [3.63, 3.8) is 0 Å². The fourth-order valence-electron chi connectivity index (χ4n) is 3.46. The Kier molecular flexibility index (Phi) is 4.68. The Labute approximate surface area is 121 Å². The van der Waals surface area contributed by atoms with Crippen molar-refractivity contribution >= 4 is 11.8 Å². The quantitative estimate of drug-likeness (QED) is 0.786. The van der Waals surface area contributed by atoms with Crippen LogP contribution in [0.3, 0.4) is 0 Å². The first kappa shape index (κ1) is 15.3. The molecule has 5 atom stereocenters. The highest BCUT2D eigenvalue weighted by Crippen LogP contribution is 2.31. The molecule has 0 aromatic carbocycles. The molecule has 114 valence electrons. The Morgan fingerprint density at radius 3 is 2.30 bits per heavy atom. The number of rotatable bonds is 2. The first-order valence-corrected chi connectivity index (χ1v) is 7.75. The molecule has 5 unspecified atom stereocenters. The van der Waals surface area contributed by atoms with E-state index < -0.39 is 0 Å². The standard InChI is InChI=1S/C15H27N3O2/c1-9-3-5-11(7-13(9)16)15(20)18-8-12(14(17)19)6-4-10(18)2/h9-13H,3-8,16H2,1-2H3,(H2,17,19). The van der Waals surface area contributed by atoms with E-state index in [4.69, 9.17) is 11.5 Å². The molecular weight excluding hydrogens is 254 g/mol. The van der Waals surface area contributed by atoms with Crippen LogP contribution in [0.4, 0.5) is 0 Å². The van der Waals surface area contributed by atoms with Crippen molar-refractivity contribution in [3.05, 3.63) is 0 Å². The van der Waals surface area contributed by atoms with Gasteiger partial charge in [0, 0.05) is 24.5 Å². The van der Waals surface area contributed by atoms with Gasteiger partial charge in [-0.15, -0.1) is 0 Å². The number of carbonyl (C=O) groups is 2. The van der Waals surface area contributed by atoms with Crippen LogP contribution in [0.1, 0.15) is 46.0 Å². The first-order valence-electron chi connectivity index (χ1n) is 7.75. The van der Waals surface area contributed by atoms with Crippen LogP contribution in [0.2, 0.25) is 0 Å². The molecule has 4 N–H and O–H groups in total. The van der Waals surface area contributed by atoms with Gasteiger partial charge < -0.3 is 16.4 Å². The Morgan fingerprint density at radius 2 is 1.70 bits per heavy atom. The molecule has 1 saturated carbocycles. The second-order valence-electron chi connectivity index (χ2n) is 6.67. The summed E-state index contributed by atoms with van der Waals surface area (Å²) in [6.07, 6.45) is 4.34. The molecule has 2 fully saturated rings. The van der Waals surface area contributed by atoms with Gasteiger partial charge in [0.05, 0.1) is 5.92 Å². The Balaban J connectivity index is 2.01. The van der Waals surface area contributed by atoms with Gasteiger partial charge in [-0.05, 0) is 44.9 Å². The summed E-state index contributed by atoms with van der Waals surface area (Å²) in [7, 11) is 0. The minimum absolute atomic E-state index is 0.0234. The van der Waals surface area contributed by atoms with E-state index in [1.165, 1.54) is 0 Å². The van der Waals surface area contributed by atoms with E-state index in [1.54, 1.807) is 0 Å². The van der Waals surface area contributed by atoms with Gasteiger partial charge in [0.1, 0.15) is 0 Å². The van der Waals surface area contributed by atoms with Crippen molar-refractivity contribution in [2.75, 3.05) is 6.54 Å². The summed E-state index contributed by atoms with van der Waals surface area (Å²) in [4.78, 5) is 25.9. The Hall–Kier alpha value is -1.10. The molecule has 5 heteroatoms. The number of likely N-dealkylation sites (tertiary alicyclic amines) is 1. The highest BCUT2D eigenvalue weighted by Gasteiger charge is 2.37. The van der Waals surface area contributed by atoms with E-state index in [1.807, 2.05) is 4.90 Å². The van der Waals surface area contributed by atoms with Crippen molar-refractivity contribution in [2.24, 2.45) is 29.2 Å². The third-order valence-electron chi connectivity index (χ3n) is 5.17. The van der Waals surface area contributed by atoms with Crippen LogP contribution in [0.5, 0.6) is 0 Å². The molecule has 5 nitrogen and oxygen atoms in total. The normalized spacial score (nSPS) is 38.5. The largest absolute Gasteiger partial charge is 0.369 e. The van der Waals surface area contributed by atoms with Crippen LogP contribution >= 0.6 is 0 Å². The third-order valence-corrected chi connectivity index (χ3v) is 5.17. The number of carbonyl (C=O) groups excluding carboxylic acids is 2. The number of nitrogens with two attached hydrogens (primary N) is 2. The van der Waals surface area contributed by atoms with Crippen molar-refractivity contribution in [3.8, 4) is 0 Å². The lowest BCUT2D eigenvalue weighted by Crippen LogP contribution is -2.52. The van der Waals surface area contributed by atoms with Gasteiger partial charge in [0.2, 0.25) is 11.8 Å². The van der Waals surface area contributed by atoms with E-state index >= 15 is 0 Å². The predicted octanol–water partition coefficient (Wildman–Crippen LogP) is 0.862. The molecule has 20 heavy (non-hydrogen) atoms. The van der Waals surface area contributed by atoms with Gasteiger partial charge in [-0.1, -0.05) is 6.92 Å². The fourth-order valence-corrected chi connectivity index (χ4v) is 3.46. The molecule has 2 aliphatic rings. The summed E-state index contributed by atoms with van der Waals surface area (Å²) in [6.45, 7) is 4.69. The summed E-state index contributed by atoms with van der Waals surface area (Å²) < 4.78 is 0. The van der Waals surface area contributed by atoms with Gasteiger partial charge in [0.25, 0.3) is 0 Å². The molecule has 0 spiro atoms. The topological polar surface area (TPSA) is 89.4 Å². The second kappa shape index (κ2) is 6.12. The lowest BCUT2D eigenvalue weighted by Gasteiger charge is -2.41. The lowest BCUT2D eigenvalue weighted by molar-refractivity contribution is -0.143. The number of primary amides is 1. The highest BCUT2D eigenvalue weighted by molar-refractivity contribution is 5.82. The average Bonchev–Trinajstić information content (AvgIpc) is 2.41. The van der Waals surface area contributed by atoms with Crippen LogP contribution < -0.4 is 11.5 Å². The smallest absolute Gasteiger partial charge is 0.226 e. The lowest BCUT2D eigenvalue weighted by atomic mass is 9.78. The van der Waals surface area contributed by atoms with Gasteiger partial charge in [-0.25, -0.2) is 0 Å². The van der Waals surface area contributed by atoms with E-state index in [0.717, 1.165) is 32.1 Å². The molecule has 0 aromatic rings. The SMILES string of the molecule is CC1CCC(C(=O)N2CC(C(N)=O)CCC2C)CC1N. The van der Waals surface area contributed by atoms with Crippen LogP contribution in [-0.2, 0) is 9.59 Å². The minimum Gasteiger partial charge on any atom is -0.369 e. The average molecular weight is 281 g/mol. The Morgan fingerprint density at radius 1 is 1.05 bits per heavy atom. The molecule has 1 heterocycles. The second-order valence-corrected chi connectivity index (χ2v) is 6.67. The molecule has 0 aromatic heterocycles. The molecule has 2 amide bonds. The number of amides is 2. The van der Waals surface area contributed by atoms with E-state index in [0.29, 0.717) is 12.5 Å². The van der Waals surface area contributed by atoms with Crippen LogP contribution in [0.25, 0.3) is 0 Å². The molecule has 1 saturated heterocycles. The molecule has 1 aliphatic carbocycles. The van der Waals surface area contributed by atoms with Crippen molar-refractivity contribution in [1.82, 2.24) is 4.90 Å². The zero-order valence-electron chi connectivity index (χ0n) is 12.5. The van der Waals surface area contributed by atoms with Crippen molar-refractivity contribution < 1.29 is 9.59 Å². The number of nitrogens with zero attached hydrogens (tertiary/aromatic N) is 1. The maximum absolute atomic E-state index is 12.7. The minimum atomic E-state index is -0.288. The van der Waals surface area contributed by atoms with E-state index in [2.05, 4.69) is 13.8 Å². The van der Waals surface area contributed by atoms with Gasteiger partial charge in [-0.3, -0.25) is 9.59 Å². The first-order chi connectivity index (χ1) is 9.40. The van der Waals surface area contributed by atoms with Crippen LogP contribution in [-0.4, -0.2) is 35.3 Å². The van der Waals surface area contributed by atoms with Gasteiger partial charge >= 0.3 is 0 Å². The molecule has 2 rings (SSSR count). The zero-order valence-corrected chi connectivity index (χ0v) is 12.5. The maximum atomic E-state index is 12.7. The number of piperidine rings is 1. The maximum Gasteiger partial charge on any atom is 0.226 e. The highest BCUT2D eigenvalue weighted by atomic mass is 16.2. The summed E-state index contributed by atoms with van der Waals surface area (Å²) in [5, 5.41) is 0. The number of hydrogen-bond acceptors (Lipinski definition) is 3. The summed E-state index contributed by atoms with van der Waals surface area (Å²) in [5.74, 6) is 0.215. The monoisotopic (exact) mass is 281 g/mol. The molecule has 0 radical (unpaired) electrons. The van der Waals surface area contributed by atoms with Crippen LogP contribution in [0.15, 0.2) is 0 Å². The molecule has 0 bridgehead atoms. The van der Waals surface area contributed by atoms with Crippen molar-refractivity contribution in [1.29, 1.82) is 0 Å². The number of hydrogen-bond donors (Lipinski definition) is 2. The summed E-state index contributed by atoms with van der Waals surface area (Å²) in [6, 6.07) is 0.318. The Bertz CT molecular complexity index is 385. The van der Waals surface area contributed by atoms with Gasteiger partial charge in [0.15, 0.2) is 0 Å². The zero-order chi connectivity index (χ0) is 14.9. The summed E-state index contributed by atoms with van der Waals surface area (Å²) >= 11 is 0. The van der Waals surface area contributed by atoms with Gasteiger partial charge in [-0.2, -0.15) is 0 Å². The summed E-state index contributed by atoms with van der Waals surface area (Å²) in [5.41, 5.74) is 11.5. The predicted molar refractivity (Wildman–Crippen MR) is 77.6 cm³/mol. The van der Waals surface area contributed by atoms with Crippen LogP contribution in [0, 0.1) is 17.8 Å². The molecule has 1 aliphatic heterocycles. The van der Waals surface area contributed by atoms with Crippen molar-refractivity contribution in [2.45, 2.75) is 58.0 Å². The third kappa shape index (κ3) is 3.14. The van der Waals surface area contributed by atoms with E-state index in [9.17, 15) is 9.59 Å². The fraction of sp³-hybridized carbons (Fsp3) is 0.867. The van der Waals surface area contributed by atoms with E-state index in [-0.39, 0.29) is 35.7 Å². The molecular formula is C15H27N3O2.